The van der Waals surface area contributed by atoms with E-state index in [0.717, 1.165) is 11.3 Å². The van der Waals surface area contributed by atoms with Crippen molar-refractivity contribution in [3.63, 3.8) is 0 Å². The number of aliphatic hydroxyl groups is 1. The smallest absolute Gasteiger partial charge is 0.264 e. The zero-order valence-electron chi connectivity index (χ0n) is 8.77. The van der Waals surface area contributed by atoms with Crippen molar-refractivity contribution in [2.45, 2.75) is 25.9 Å². The van der Waals surface area contributed by atoms with E-state index < -0.39 is 0 Å². The third-order valence-electron chi connectivity index (χ3n) is 2.67. The average Bonchev–Trinajstić information content (AvgIpc) is 2.84. The lowest BCUT2D eigenvalue weighted by Crippen LogP contribution is -2.28. The molecule has 2 heterocycles. The molecule has 0 saturated carbocycles. The van der Waals surface area contributed by atoms with E-state index in [2.05, 4.69) is 6.92 Å². The summed E-state index contributed by atoms with van der Waals surface area (Å²) in [5, 5.41) is 9.36. The van der Waals surface area contributed by atoms with Crippen LogP contribution in [0.25, 0.3) is 0 Å². The Kier molecular flexibility index (Phi) is 3.07. The van der Waals surface area contributed by atoms with Gasteiger partial charge in [0.15, 0.2) is 0 Å². The molecule has 2 rings (SSSR count). The normalized spacial score (nSPS) is 20.9. The van der Waals surface area contributed by atoms with Crippen molar-refractivity contribution >= 4 is 17.2 Å². The van der Waals surface area contributed by atoms with E-state index >= 15 is 0 Å². The summed E-state index contributed by atoms with van der Waals surface area (Å²) < 4.78 is 0. The maximum absolute atomic E-state index is 11.9. The zero-order valence-corrected chi connectivity index (χ0v) is 9.59. The lowest BCUT2D eigenvalue weighted by molar-refractivity contribution is 0.0769. The standard InChI is InChI=1S/C11H15NO2S/c1-2-9-3-4-10(15-9)11(14)12-6-5-8(13)7-12/h3-4,8,13H,2,5-7H2,1H3/t8-/m0/s1. The Morgan fingerprint density at radius 2 is 2.47 bits per heavy atom. The minimum atomic E-state index is -0.334. The summed E-state index contributed by atoms with van der Waals surface area (Å²) in [4.78, 5) is 15.7. The molecule has 1 aliphatic heterocycles. The monoisotopic (exact) mass is 225 g/mol. The van der Waals surface area contributed by atoms with Crippen molar-refractivity contribution in [2.24, 2.45) is 0 Å². The van der Waals surface area contributed by atoms with Crippen LogP contribution in [0, 0.1) is 0 Å². The van der Waals surface area contributed by atoms with Crippen molar-refractivity contribution in [3.8, 4) is 0 Å². The number of carbonyl (C=O) groups is 1. The number of amides is 1. The van der Waals surface area contributed by atoms with Gasteiger partial charge >= 0.3 is 0 Å². The van der Waals surface area contributed by atoms with Crippen LogP contribution in [0.2, 0.25) is 0 Å². The summed E-state index contributed by atoms with van der Waals surface area (Å²) in [5.74, 6) is 0.0660. The third-order valence-corrected chi connectivity index (χ3v) is 3.89. The van der Waals surface area contributed by atoms with E-state index in [1.165, 1.54) is 4.88 Å². The van der Waals surface area contributed by atoms with Gasteiger partial charge in [-0.2, -0.15) is 0 Å². The average molecular weight is 225 g/mol. The largest absolute Gasteiger partial charge is 0.391 e. The number of carbonyl (C=O) groups excluding carboxylic acids is 1. The van der Waals surface area contributed by atoms with Gasteiger partial charge in [-0.05, 0) is 25.0 Å². The molecule has 1 fully saturated rings. The van der Waals surface area contributed by atoms with Crippen LogP contribution in [0.15, 0.2) is 12.1 Å². The summed E-state index contributed by atoms with van der Waals surface area (Å²) in [6.07, 6.45) is 1.35. The molecule has 1 saturated heterocycles. The first-order valence-corrected chi connectivity index (χ1v) is 6.08. The van der Waals surface area contributed by atoms with Gasteiger partial charge in [-0.1, -0.05) is 6.92 Å². The zero-order chi connectivity index (χ0) is 10.8. The molecular weight excluding hydrogens is 210 g/mol. The third kappa shape index (κ3) is 2.21. The number of hydrogen-bond donors (Lipinski definition) is 1. The first-order valence-electron chi connectivity index (χ1n) is 5.26. The second-order valence-corrected chi connectivity index (χ2v) is 4.98. The van der Waals surface area contributed by atoms with E-state index in [0.29, 0.717) is 19.5 Å². The SMILES string of the molecule is CCc1ccc(C(=O)N2CC[C@H](O)C2)s1. The topological polar surface area (TPSA) is 40.5 Å². The van der Waals surface area contributed by atoms with Gasteiger partial charge in [-0.25, -0.2) is 0 Å². The molecular formula is C11H15NO2S. The van der Waals surface area contributed by atoms with Crippen LogP contribution in [0.4, 0.5) is 0 Å². The molecule has 1 aromatic heterocycles. The van der Waals surface area contributed by atoms with Crippen LogP contribution in [-0.4, -0.2) is 35.1 Å². The Bertz CT molecular complexity index is 361. The number of aliphatic hydroxyl groups excluding tert-OH is 1. The molecule has 82 valence electrons. The summed E-state index contributed by atoms with van der Waals surface area (Å²) in [6.45, 7) is 3.25. The maximum Gasteiger partial charge on any atom is 0.264 e. The molecule has 1 amide bonds. The van der Waals surface area contributed by atoms with Gasteiger partial charge in [0.1, 0.15) is 0 Å². The van der Waals surface area contributed by atoms with Gasteiger partial charge < -0.3 is 10.0 Å². The van der Waals surface area contributed by atoms with Crippen LogP contribution < -0.4 is 0 Å². The van der Waals surface area contributed by atoms with Crippen molar-refractivity contribution in [1.82, 2.24) is 4.90 Å². The van der Waals surface area contributed by atoms with E-state index in [9.17, 15) is 9.90 Å². The Labute approximate surface area is 93.3 Å². The van der Waals surface area contributed by atoms with E-state index in [-0.39, 0.29) is 12.0 Å². The highest BCUT2D eigenvalue weighted by Gasteiger charge is 2.25. The molecule has 1 atom stereocenters. The fourth-order valence-electron chi connectivity index (χ4n) is 1.76. The summed E-state index contributed by atoms with van der Waals surface area (Å²) in [5.41, 5.74) is 0. The second-order valence-electron chi connectivity index (χ2n) is 3.81. The van der Waals surface area contributed by atoms with Gasteiger partial charge in [-0.15, -0.1) is 11.3 Å². The predicted molar refractivity (Wildman–Crippen MR) is 60.2 cm³/mol. The Morgan fingerprint density at radius 1 is 1.67 bits per heavy atom. The molecule has 0 bridgehead atoms. The molecule has 0 unspecified atom stereocenters. The van der Waals surface area contributed by atoms with Crippen LogP contribution >= 0.6 is 11.3 Å². The van der Waals surface area contributed by atoms with E-state index in [4.69, 9.17) is 0 Å². The van der Waals surface area contributed by atoms with Crippen molar-refractivity contribution in [2.75, 3.05) is 13.1 Å². The number of likely N-dealkylation sites (tertiary alicyclic amines) is 1. The molecule has 0 aromatic carbocycles. The van der Waals surface area contributed by atoms with Gasteiger partial charge in [0.2, 0.25) is 0 Å². The lowest BCUT2D eigenvalue weighted by Gasteiger charge is -2.13. The fraction of sp³-hybridized carbons (Fsp3) is 0.545. The molecule has 0 aliphatic carbocycles. The highest BCUT2D eigenvalue weighted by Crippen LogP contribution is 2.21. The van der Waals surface area contributed by atoms with Crippen molar-refractivity contribution < 1.29 is 9.90 Å². The molecule has 1 N–H and O–H groups in total. The second kappa shape index (κ2) is 4.33. The van der Waals surface area contributed by atoms with Crippen LogP contribution in [0.5, 0.6) is 0 Å². The number of nitrogens with zero attached hydrogens (tertiary/aromatic N) is 1. The molecule has 0 radical (unpaired) electrons. The minimum Gasteiger partial charge on any atom is -0.391 e. The van der Waals surface area contributed by atoms with Crippen LogP contribution in [0.3, 0.4) is 0 Å². The highest BCUT2D eigenvalue weighted by atomic mass is 32.1. The number of aryl methyl sites for hydroxylation is 1. The predicted octanol–water partition coefficient (Wildman–Crippen LogP) is 1.52. The number of thiophene rings is 1. The van der Waals surface area contributed by atoms with Crippen molar-refractivity contribution in [3.05, 3.63) is 21.9 Å². The number of rotatable bonds is 2. The molecule has 0 spiro atoms. The molecule has 4 heteroatoms. The van der Waals surface area contributed by atoms with E-state index in [1.807, 2.05) is 12.1 Å². The summed E-state index contributed by atoms with van der Waals surface area (Å²) in [6, 6.07) is 3.89. The summed E-state index contributed by atoms with van der Waals surface area (Å²) in [7, 11) is 0. The Morgan fingerprint density at radius 3 is 3.00 bits per heavy atom. The Hall–Kier alpha value is -0.870. The van der Waals surface area contributed by atoms with Gasteiger partial charge in [0.25, 0.3) is 5.91 Å². The quantitative estimate of drug-likeness (QED) is 0.829. The summed E-state index contributed by atoms with van der Waals surface area (Å²) >= 11 is 1.56. The Balaban J connectivity index is 2.07. The highest BCUT2D eigenvalue weighted by molar-refractivity contribution is 7.14. The number of hydrogen-bond acceptors (Lipinski definition) is 3. The molecule has 3 nitrogen and oxygen atoms in total. The number of β-amino-alcohol motifs (C(OH)–C–C–N with tert-alkyl or cyclic N) is 1. The maximum atomic E-state index is 11.9. The van der Waals surface area contributed by atoms with Gasteiger partial charge in [-0.3, -0.25) is 4.79 Å². The molecule has 1 aromatic rings. The van der Waals surface area contributed by atoms with Crippen LogP contribution in [-0.2, 0) is 6.42 Å². The molecule has 15 heavy (non-hydrogen) atoms. The van der Waals surface area contributed by atoms with Crippen LogP contribution in [0.1, 0.15) is 27.9 Å². The minimum absolute atomic E-state index is 0.0660. The van der Waals surface area contributed by atoms with E-state index in [1.54, 1.807) is 16.2 Å². The first-order chi connectivity index (χ1) is 7.20. The van der Waals surface area contributed by atoms with Gasteiger partial charge in [0.05, 0.1) is 11.0 Å². The lowest BCUT2D eigenvalue weighted by atomic mass is 10.3. The van der Waals surface area contributed by atoms with Gasteiger partial charge in [0, 0.05) is 18.0 Å². The van der Waals surface area contributed by atoms with Crippen molar-refractivity contribution in [1.29, 1.82) is 0 Å². The molecule has 1 aliphatic rings. The first kappa shape index (κ1) is 10.6. The fourth-order valence-corrected chi connectivity index (χ4v) is 2.68.